The molecule has 1 aromatic carbocycles. The third-order valence-corrected chi connectivity index (χ3v) is 7.60. The molecule has 4 nitrogen and oxygen atoms in total. The zero-order valence-electron chi connectivity index (χ0n) is 14.5. The van der Waals surface area contributed by atoms with Crippen LogP contribution in [0.15, 0.2) is 39.4 Å². The summed E-state index contributed by atoms with van der Waals surface area (Å²) in [5.41, 5.74) is 3.94. The molecule has 0 aromatic heterocycles. The monoisotopic (exact) mass is 426 g/mol. The van der Waals surface area contributed by atoms with E-state index in [2.05, 4.69) is 22.9 Å². The van der Waals surface area contributed by atoms with Gasteiger partial charge in [-0.1, -0.05) is 40.1 Å². The molecule has 0 aliphatic carbocycles. The van der Waals surface area contributed by atoms with Gasteiger partial charge in [0, 0.05) is 10.0 Å². The number of halogens is 1. The van der Waals surface area contributed by atoms with E-state index >= 15 is 0 Å². The Kier molecular flexibility index (Phi) is 5.42. The van der Waals surface area contributed by atoms with Crippen LogP contribution in [0.2, 0.25) is 0 Å². The molecule has 0 amide bonds. The maximum absolute atomic E-state index is 12.1. The largest absolute Gasteiger partial charge is 0.507 e. The van der Waals surface area contributed by atoms with E-state index in [-0.39, 0.29) is 24.2 Å². The standard InChI is InChI=1S/C19H23BrO4S/c1-3-13(8-14-9-15(20)5-6-16(14)21)4-7-17-19-12(2)11-25(22,23)18(19)10-24-17/h5-6,8-9,17-18,21H,3-4,7,10-11H2,1-2H3/b13-8+/t17-,18+/m1/s1. The molecule has 0 spiro atoms. The van der Waals surface area contributed by atoms with Crippen molar-refractivity contribution >= 4 is 31.8 Å². The number of aromatic hydroxyl groups is 1. The quantitative estimate of drug-likeness (QED) is 0.714. The van der Waals surface area contributed by atoms with Crippen LogP contribution in [0.3, 0.4) is 0 Å². The lowest BCUT2D eigenvalue weighted by atomic mass is 9.96. The van der Waals surface area contributed by atoms with E-state index in [0.29, 0.717) is 0 Å². The number of phenolic OH excluding ortho intramolecular Hbond substituents is 1. The van der Waals surface area contributed by atoms with Crippen LogP contribution in [0, 0.1) is 0 Å². The number of benzene rings is 1. The zero-order chi connectivity index (χ0) is 18.2. The summed E-state index contributed by atoms with van der Waals surface area (Å²) in [6.07, 6.45) is 4.37. The third-order valence-electron chi connectivity index (χ3n) is 5.02. The van der Waals surface area contributed by atoms with Crippen molar-refractivity contribution in [3.8, 4) is 5.75 Å². The molecule has 1 aromatic rings. The summed E-state index contributed by atoms with van der Waals surface area (Å²) in [6.45, 7) is 4.28. The highest BCUT2D eigenvalue weighted by atomic mass is 79.9. The van der Waals surface area contributed by atoms with Gasteiger partial charge in [-0.05, 0) is 50.0 Å². The van der Waals surface area contributed by atoms with Crippen molar-refractivity contribution in [2.45, 2.75) is 44.5 Å². The Balaban J connectivity index is 1.73. The molecule has 2 aliphatic heterocycles. The maximum atomic E-state index is 12.1. The highest BCUT2D eigenvalue weighted by Crippen LogP contribution is 2.38. The molecule has 25 heavy (non-hydrogen) atoms. The van der Waals surface area contributed by atoms with Gasteiger partial charge in [0.2, 0.25) is 0 Å². The first-order valence-corrected chi connectivity index (χ1v) is 11.0. The number of hydrogen-bond donors (Lipinski definition) is 1. The topological polar surface area (TPSA) is 63.6 Å². The number of phenols is 1. The molecule has 0 radical (unpaired) electrons. The molecule has 2 atom stereocenters. The molecular weight excluding hydrogens is 404 g/mol. The van der Waals surface area contributed by atoms with Crippen LogP contribution in [0.1, 0.15) is 38.7 Å². The van der Waals surface area contributed by atoms with E-state index in [1.54, 1.807) is 12.1 Å². The second kappa shape index (κ2) is 7.25. The van der Waals surface area contributed by atoms with Crippen molar-refractivity contribution in [3.63, 3.8) is 0 Å². The van der Waals surface area contributed by atoms with Crippen molar-refractivity contribution in [2.24, 2.45) is 0 Å². The fourth-order valence-corrected chi connectivity index (χ4v) is 6.07. The predicted octanol–water partition coefficient (Wildman–Crippen LogP) is 4.24. The van der Waals surface area contributed by atoms with Crippen LogP contribution < -0.4 is 0 Å². The SMILES string of the molecule is CC/C(=C\c1cc(Br)ccc1O)CC[C@H]1OC[C@H]2C1=C(C)CS2(=O)=O. The average molecular weight is 427 g/mol. The van der Waals surface area contributed by atoms with E-state index in [4.69, 9.17) is 4.74 Å². The minimum atomic E-state index is -3.06. The van der Waals surface area contributed by atoms with Gasteiger partial charge in [-0.25, -0.2) is 8.42 Å². The number of allylic oxidation sites excluding steroid dienone is 1. The minimum Gasteiger partial charge on any atom is -0.507 e. The van der Waals surface area contributed by atoms with Crippen molar-refractivity contribution in [3.05, 3.63) is 45.0 Å². The molecule has 3 rings (SSSR count). The van der Waals surface area contributed by atoms with Crippen LogP contribution in [-0.2, 0) is 14.6 Å². The predicted molar refractivity (Wildman–Crippen MR) is 103 cm³/mol. The van der Waals surface area contributed by atoms with Gasteiger partial charge >= 0.3 is 0 Å². The van der Waals surface area contributed by atoms with E-state index in [9.17, 15) is 13.5 Å². The molecule has 136 valence electrons. The van der Waals surface area contributed by atoms with E-state index in [1.165, 1.54) is 5.57 Å². The first-order valence-electron chi connectivity index (χ1n) is 8.52. The molecule has 1 fully saturated rings. The molecule has 1 saturated heterocycles. The molecule has 0 bridgehead atoms. The summed E-state index contributed by atoms with van der Waals surface area (Å²) >= 11 is 3.43. The first-order chi connectivity index (χ1) is 11.8. The van der Waals surface area contributed by atoms with Gasteiger partial charge in [-0.15, -0.1) is 0 Å². The van der Waals surface area contributed by atoms with Gasteiger partial charge in [-0.3, -0.25) is 0 Å². The van der Waals surface area contributed by atoms with Gasteiger partial charge < -0.3 is 9.84 Å². The maximum Gasteiger partial charge on any atom is 0.163 e. The minimum absolute atomic E-state index is 0.103. The number of sulfone groups is 1. The molecular formula is C19H23BrO4S. The Labute approximate surface area is 157 Å². The normalized spacial score (nSPS) is 25.5. The lowest BCUT2D eigenvalue weighted by Gasteiger charge is -2.14. The Morgan fingerprint density at radius 1 is 1.44 bits per heavy atom. The van der Waals surface area contributed by atoms with Gasteiger partial charge in [-0.2, -0.15) is 0 Å². The summed E-state index contributed by atoms with van der Waals surface area (Å²) in [5, 5.41) is 9.58. The fourth-order valence-electron chi connectivity index (χ4n) is 3.69. The molecule has 1 N–H and O–H groups in total. The Hall–Kier alpha value is -1.11. The molecule has 0 saturated carbocycles. The van der Waals surface area contributed by atoms with Crippen LogP contribution in [0.5, 0.6) is 5.75 Å². The van der Waals surface area contributed by atoms with Crippen LogP contribution in [0.25, 0.3) is 6.08 Å². The lowest BCUT2D eigenvalue weighted by molar-refractivity contribution is 0.117. The molecule has 6 heteroatoms. The fraction of sp³-hybridized carbons (Fsp3) is 0.474. The molecule has 2 heterocycles. The highest BCUT2D eigenvalue weighted by Gasteiger charge is 2.45. The summed E-state index contributed by atoms with van der Waals surface area (Å²) in [6, 6.07) is 5.37. The van der Waals surface area contributed by atoms with Crippen LogP contribution in [-0.4, -0.2) is 37.2 Å². The molecule has 0 unspecified atom stereocenters. The smallest absolute Gasteiger partial charge is 0.163 e. The highest BCUT2D eigenvalue weighted by molar-refractivity contribution is 9.10. The summed E-state index contributed by atoms with van der Waals surface area (Å²) in [4.78, 5) is 0. The van der Waals surface area contributed by atoms with Gasteiger partial charge in [0.25, 0.3) is 0 Å². The van der Waals surface area contributed by atoms with Gasteiger partial charge in [0.05, 0.1) is 18.5 Å². The first kappa shape index (κ1) is 18.7. The average Bonchev–Trinajstić information content (AvgIpc) is 3.07. The van der Waals surface area contributed by atoms with E-state index in [0.717, 1.165) is 40.4 Å². The second-order valence-corrected chi connectivity index (χ2v) is 9.85. The number of fused-ring (bicyclic) bond motifs is 1. The Morgan fingerprint density at radius 3 is 2.92 bits per heavy atom. The Bertz CT molecular complexity index is 839. The van der Waals surface area contributed by atoms with Crippen molar-refractivity contribution in [1.29, 1.82) is 0 Å². The summed E-state index contributed by atoms with van der Waals surface area (Å²) in [5.74, 6) is 0.432. The zero-order valence-corrected chi connectivity index (χ0v) is 16.9. The second-order valence-electron chi connectivity index (χ2n) is 6.75. The third kappa shape index (κ3) is 3.86. The van der Waals surface area contributed by atoms with Crippen LogP contribution in [0.4, 0.5) is 0 Å². The number of rotatable bonds is 5. The number of hydrogen-bond acceptors (Lipinski definition) is 4. The van der Waals surface area contributed by atoms with Crippen molar-refractivity contribution < 1.29 is 18.3 Å². The van der Waals surface area contributed by atoms with E-state index in [1.807, 2.05) is 19.1 Å². The van der Waals surface area contributed by atoms with Crippen molar-refractivity contribution in [2.75, 3.05) is 12.4 Å². The molecule has 2 aliphatic rings. The summed E-state index contributed by atoms with van der Waals surface area (Å²) in [7, 11) is -3.06. The number of ether oxygens (including phenoxy) is 1. The lowest BCUT2D eigenvalue weighted by Crippen LogP contribution is -2.19. The Morgan fingerprint density at radius 2 is 2.20 bits per heavy atom. The van der Waals surface area contributed by atoms with E-state index < -0.39 is 15.1 Å². The van der Waals surface area contributed by atoms with Crippen molar-refractivity contribution in [1.82, 2.24) is 0 Å². The van der Waals surface area contributed by atoms with Gasteiger partial charge in [0.1, 0.15) is 11.0 Å². The van der Waals surface area contributed by atoms with Crippen LogP contribution >= 0.6 is 15.9 Å². The van der Waals surface area contributed by atoms with Gasteiger partial charge in [0.15, 0.2) is 9.84 Å². The summed E-state index contributed by atoms with van der Waals surface area (Å²) < 4.78 is 31.0.